The van der Waals surface area contributed by atoms with Gasteiger partial charge in [0.25, 0.3) is 5.91 Å². The van der Waals surface area contributed by atoms with Crippen molar-refractivity contribution in [2.75, 3.05) is 36.4 Å². The normalized spacial score (nSPS) is 13.8. The van der Waals surface area contributed by atoms with Crippen molar-refractivity contribution in [2.24, 2.45) is 0 Å². The van der Waals surface area contributed by atoms with Crippen LogP contribution in [0.1, 0.15) is 17.3 Å². The summed E-state index contributed by atoms with van der Waals surface area (Å²) < 4.78 is 0.832. The van der Waals surface area contributed by atoms with Crippen LogP contribution in [0.3, 0.4) is 0 Å². The first-order valence-corrected chi connectivity index (χ1v) is 10.1. The minimum absolute atomic E-state index is 0.123. The summed E-state index contributed by atoms with van der Waals surface area (Å²) >= 11 is 8.59. The minimum atomic E-state index is -0.265. The number of benzene rings is 2. The monoisotopic (exact) mass is 460 g/mol. The molecule has 0 radical (unpaired) electrons. The van der Waals surface area contributed by atoms with Crippen molar-refractivity contribution in [3.8, 4) is 0 Å². The minimum Gasteiger partial charge on any atom is -0.368 e. The lowest BCUT2D eigenvalue weighted by Gasteiger charge is -2.35. The number of thiocarbonyl (C=S) groups is 1. The highest BCUT2D eigenvalue weighted by Gasteiger charge is 2.18. The molecule has 2 aromatic rings. The van der Waals surface area contributed by atoms with Gasteiger partial charge in [-0.25, -0.2) is 0 Å². The number of carbonyl (C=O) groups is 2. The first kappa shape index (κ1) is 20.3. The van der Waals surface area contributed by atoms with Gasteiger partial charge in [0.2, 0.25) is 5.91 Å². The zero-order valence-electron chi connectivity index (χ0n) is 15.4. The summed E-state index contributed by atoms with van der Waals surface area (Å²) in [5.74, 6) is -0.142. The second-order valence-electron chi connectivity index (χ2n) is 6.46. The van der Waals surface area contributed by atoms with Crippen molar-refractivity contribution in [1.29, 1.82) is 0 Å². The number of hydrogen-bond acceptors (Lipinski definition) is 4. The molecule has 2 N–H and O–H groups in total. The molecule has 146 valence electrons. The number of rotatable bonds is 3. The van der Waals surface area contributed by atoms with Crippen LogP contribution in [0.15, 0.2) is 53.0 Å². The molecule has 1 heterocycles. The molecule has 1 aliphatic rings. The molecule has 6 nitrogen and oxygen atoms in total. The smallest absolute Gasteiger partial charge is 0.257 e. The number of piperazine rings is 1. The van der Waals surface area contributed by atoms with Gasteiger partial charge in [-0.05, 0) is 54.7 Å². The Morgan fingerprint density at radius 3 is 2.32 bits per heavy atom. The molecule has 8 heteroatoms. The standard InChI is InChI=1S/C20H21BrN4O2S/c1-14(26)24-9-11-25(12-10-24)18-7-5-17(6-8-18)22-20(28)23-19(27)15-3-2-4-16(21)13-15/h2-8,13H,9-12H2,1H3,(H2,22,23,27,28). The van der Waals surface area contributed by atoms with Gasteiger partial charge in [0.1, 0.15) is 0 Å². The summed E-state index contributed by atoms with van der Waals surface area (Å²) in [5, 5.41) is 5.95. The number of nitrogens with one attached hydrogen (secondary N) is 2. The Morgan fingerprint density at radius 2 is 1.71 bits per heavy atom. The second kappa shape index (κ2) is 9.16. The van der Waals surface area contributed by atoms with Gasteiger partial charge in [-0.1, -0.05) is 22.0 Å². The molecule has 0 unspecified atom stereocenters. The molecular formula is C20H21BrN4O2S. The third-order valence-electron chi connectivity index (χ3n) is 4.53. The van der Waals surface area contributed by atoms with E-state index in [0.717, 1.165) is 42.0 Å². The molecule has 1 aliphatic heterocycles. The van der Waals surface area contributed by atoms with Crippen LogP contribution in [0.25, 0.3) is 0 Å². The van der Waals surface area contributed by atoms with Crippen molar-refractivity contribution < 1.29 is 9.59 Å². The molecule has 0 aromatic heterocycles. The maximum atomic E-state index is 12.2. The van der Waals surface area contributed by atoms with Crippen LogP contribution in [0.4, 0.5) is 11.4 Å². The first-order valence-electron chi connectivity index (χ1n) is 8.91. The number of halogens is 1. The maximum absolute atomic E-state index is 12.2. The number of hydrogen-bond donors (Lipinski definition) is 2. The molecule has 0 spiro atoms. The van der Waals surface area contributed by atoms with Crippen molar-refractivity contribution >= 4 is 56.4 Å². The maximum Gasteiger partial charge on any atom is 0.257 e. The third-order valence-corrected chi connectivity index (χ3v) is 5.23. The van der Waals surface area contributed by atoms with Crippen LogP contribution in [-0.4, -0.2) is 48.0 Å². The van der Waals surface area contributed by atoms with E-state index in [1.54, 1.807) is 25.1 Å². The molecule has 1 saturated heterocycles. The Balaban J connectivity index is 1.53. The summed E-state index contributed by atoms with van der Waals surface area (Å²) in [4.78, 5) is 27.8. The van der Waals surface area contributed by atoms with Gasteiger partial charge in [0.05, 0.1) is 0 Å². The van der Waals surface area contributed by atoms with E-state index in [1.165, 1.54) is 0 Å². The molecule has 2 aromatic carbocycles. The fourth-order valence-electron chi connectivity index (χ4n) is 3.00. The fraction of sp³-hybridized carbons (Fsp3) is 0.250. The van der Waals surface area contributed by atoms with Crippen molar-refractivity contribution in [3.63, 3.8) is 0 Å². The average Bonchev–Trinajstić information content (AvgIpc) is 2.68. The van der Waals surface area contributed by atoms with Crippen LogP contribution in [0, 0.1) is 0 Å². The highest BCUT2D eigenvalue weighted by Crippen LogP contribution is 2.19. The molecule has 2 amide bonds. The largest absolute Gasteiger partial charge is 0.368 e. The van der Waals surface area contributed by atoms with Gasteiger partial charge in [-0.15, -0.1) is 0 Å². The van der Waals surface area contributed by atoms with E-state index >= 15 is 0 Å². The molecule has 28 heavy (non-hydrogen) atoms. The zero-order valence-corrected chi connectivity index (χ0v) is 17.8. The fourth-order valence-corrected chi connectivity index (χ4v) is 3.61. The van der Waals surface area contributed by atoms with Gasteiger partial charge in [0, 0.05) is 54.5 Å². The van der Waals surface area contributed by atoms with Crippen LogP contribution in [0.2, 0.25) is 0 Å². The third kappa shape index (κ3) is 5.30. The van der Waals surface area contributed by atoms with Crippen LogP contribution >= 0.6 is 28.1 Å². The highest BCUT2D eigenvalue weighted by atomic mass is 79.9. The second-order valence-corrected chi connectivity index (χ2v) is 7.78. The Bertz CT molecular complexity index is 880. The van der Waals surface area contributed by atoms with Crippen molar-refractivity contribution in [2.45, 2.75) is 6.92 Å². The average molecular weight is 461 g/mol. The zero-order chi connectivity index (χ0) is 20.1. The summed E-state index contributed by atoms with van der Waals surface area (Å²) in [6.07, 6.45) is 0. The lowest BCUT2D eigenvalue weighted by molar-refractivity contribution is -0.129. The molecule has 0 atom stereocenters. The van der Waals surface area contributed by atoms with E-state index in [4.69, 9.17) is 12.2 Å². The van der Waals surface area contributed by atoms with E-state index in [-0.39, 0.29) is 16.9 Å². The molecule has 0 saturated carbocycles. The Labute approximate surface area is 178 Å². The highest BCUT2D eigenvalue weighted by molar-refractivity contribution is 9.10. The van der Waals surface area contributed by atoms with Gasteiger partial charge in [-0.2, -0.15) is 0 Å². The number of nitrogens with zero attached hydrogens (tertiary/aromatic N) is 2. The predicted octanol–water partition coefficient (Wildman–Crippen LogP) is 3.24. The topological polar surface area (TPSA) is 64.7 Å². The Morgan fingerprint density at radius 1 is 1.04 bits per heavy atom. The SMILES string of the molecule is CC(=O)N1CCN(c2ccc(NC(=S)NC(=O)c3cccc(Br)c3)cc2)CC1. The number of amides is 2. The van der Waals surface area contributed by atoms with Crippen molar-refractivity contribution in [1.82, 2.24) is 10.2 Å². The molecule has 0 aliphatic carbocycles. The van der Waals surface area contributed by atoms with E-state index in [9.17, 15) is 9.59 Å². The first-order chi connectivity index (χ1) is 13.4. The number of carbonyl (C=O) groups excluding carboxylic acids is 2. The van der Waals surface area contributed by atoms with E-state index in [1.807, 2.05) is 35.2 Å². The molecule has 3 rings (SSSR count). The molecule has 1 fully saturated rings. The predicted molar refractivity (Wildman–Crippen MR) is 119 cm³/mol. The summed E-state index contributed by atoms with van der Waals surface area (Å²) in [5.41, 5.74) is 2.42. The van der Waals surface area contributed by atoms with Gasteiger partial charge in [-0.3, -0.25) is 14.9 Å². The summed E-state index contributed by atoms with van der Waals surface area (Å²) in [6.45, 7) is 4.71. The molecular weight excluding hydrogens is 440 g/mol. The lowest BCUT2D eigenvalue weighted by atomic mass is 10.2. The lowest BCUT2D eigenvalue weighted by Crippen LogP contribution is -2.48. The summed E-state index contributed by atoms with van der Waals surface area (Å²) in [6, 6.07) is 15.0. The van der Waals surface area contributed by atoms with E-state index in [0.29, 0.717) is 5.56 Å². The number of anilines is 2. The van der Waals surface area contributed by atoms with E-state index in [2.05, 4.69) is 31.5 Å². The van der Waals surface area contributed by atoms with E-state index < -0.39 is 0 Å². The van der Waals surface area contributed by atoms with Crippen LogP contribution in [-0.2, 0) is 4.79 Å². The Hall–Kier alpha value is -2.45. The van der Waals surface area contributed by atoms with Gasteiger partial charge < -0.3 is 15.1 Å². The van der Waals surface area contributed by atoms with Crippen LogP contribution in [0.5, 0.6) is 0 Å². The van der Waals surface area contributed by atoms with Gasteiger partial charge in [0.15, 0.2) is 5.11 Å². The quantitative estimate of drug-likeness (QED) is 0.688. The van der Waals surface area contributed by atoms with Gasteiger partial charge >= 0.3 is 0 Å². The van der Waals surface area contributed by atoms with Crippen LogP contribution < -0.4 is 15.5 Å². The van der Waals surface area contributed by atoms with Crippen molar-refractivity contribution in [3.05, 3.63) is 58.6 Å². The molecule has 0 bridgehead atoms. The summed E-state index contributed by atoms with van der Waals surface area (Å²) in [7, 11) is 0. The Kier molecular flexibility index (Phi) is 6.64.